The zero-order valence-corrected chi connectivity index (χ0v) is 11.9. The highest BCUT2D eigenvalue weighted by Gasteiger charge is 2.12. The number of anilines is 2. The molecule has 0 aromatic heterocycles. The molecule has 0 unspecified atom stereocenters. The summed E-state index contributed by atoms with van der Waals surface area (Å²) in [5.41, 5.74) is 10.8. The predicted octanol–water partition coefficient (Wildman–Crippen LogP) is 1.06. The van der Waals surface area contributed by atoms with Crippen molar-refractivity contribution in [1.29, 1.82) is 10.7 Å². The Hall–Kier alpha value is -2.59. The molecule has 2 rings (SSSR count). The maximum absolute atomic E-state index is 8.80. The standard InChI is InChI=1S/C14H18N6O/c1-10-8-11(20-4-6-21-7-5-20)2-3-12(10)18-19-13(9-15)14(16)17/h2-3,8,18H,4-7H2,1H3,(H3,16,17)/b19-13+. The molecule has 0 bridgehead atoms. The molecule has 1 aliphatic rings. The van der Waals surface area contributed by atoms with Crippen molar-refractivity contribution in [3.05, 3.63) is 23.8 Å². The van der Waals surface area contributed by atoms with Crippen molar-refractivity contribution in [2.75, 3.05) is 36.6 Å². The molecule has 1 aromatic rings. The summed E-state index contributed by atoms with van der Waals surface area (Å²) in [5, 5.41) is 19.8. The molecule has 0 amide bonds. The van der Waals surface area contributed by atoms with Gasteiger partial charge in [0.2, 0.25) is 5.71 Å². The Morgan fingerprint density at radius 1 is 1.48 bits per heavy atom. The highest BCUT2D eigenvalue weighted by molar-refractivity contribution is 6.45. The van der Waals surface area contributed by atoms with Crippen LogP contribution < -0.4 is 16.1 Å². The topological polar surface area (TPSA) is 111 Å². The van der Waals surface area contributed by atoms with Crippen LogP contribution in [-0.2, 0) is 4.74 Å². The fourth-order valence-corrected chi connectivity index (χ4v) is 2.05. The van der Waals surface area contributed by atoms with E-state index in [2.05, 4.69) is 21.5 Å². The monoisotopic (exact) mass is 286 g/mol. The third-order valence-electron chi connectivity index (χ3n) is 3.24. The first-order valence-corrected chi connectivity index (χ1v) is 6.63. The SMILES string of the molecule is Cc1cc(N2CCOCC2)ccc1N/N=C(\C#N)C(=N)N. The summed E-state index contributed by atoms with van der Waals surface area (Å²) in [7, 11) is 0. The van der Waals surface area contributed by atoms with Crippen molar-refractivity contribution < 1.29 is 4.74 Å². The number of amidine groups is 1. The van der Waals surface area contributed by atoms with Gasteiger partial charge in [0.05, 0.1) is 18.9 Å². The number of rotatable bonds is 4. The molecule has 7 heteroatoms. The van der Waals surface area contributed by atoms with E-state index < -0.39 is 0 Å². The number of aryl methyl sites for hydroxylation is 1. The fraction of sp³-hybridized carbons (Fsp3) is 0.357. The van der Waals surface area contributed by atoms with Crippen LogP contribution in [0.2, 0.25) is 0 Å². The summed E-state index contributed by atoms with van der Waals surface area (Å²) >= 11 is 0. The minimum atomic E-state index is -0.354. The van der Waals surface area contributed by atoms with Gasteiger partial charge in [-0.05, 0) is 30.7 Å². The lowest BCUT2D eigenvalue weighted by Gasteiger charge is -2.29. The van der Waals surface area contributed by atoms with Crippen LogP contribution in [0.5, 0.6) is 0 Å². The average molecular weight is 286 g/mol. The molecule has 0 radical (unpaired) electrons. The quantitative estimate of drug-likeness (QED) is 0.435. The molecule has 1 saturated heterocycles. The number of nitrogens with zero attached hydrogens (tertiary/aromatic N) is 3. The summed E-state index contributed by atoms with van der Waals surface area (Å²) in [5.74, 6) is -0.354. The molecule has 0 aliphatic carbocycles. The Labute approximate surface area is 123 Å². The average Bonchev–Trinajstić information content (AvgIpc) is 2.49. The van der Waals surface area contributed by atoms with E-state index in [-0.39, 0.29) is 11.5 Å². The summed E-state index contributed by atoms with van der Waals surface area (Å²) < 4.78 is 5.34. The number of nitrogens with one attached hydrogen (secondary N) is 2. The smallest absolute Gasteiger partial charge is 0.201 e. The number of nitrogens with two attached hydrogens (primary N) is 1. The van der Waals surface area contributed by atoms with Crippen LogP contribution >= 0.6 is 0 Å². The number of hydrogen-bond donors (Lipinski definition) is 3. The second-order valence-electron chi connectivity index (χ2n) is 4.70. The first-order chi connectivity index (χ1) is 10.1. The van der Waals surface area contributed by atoms with Crippen LogP contribution in [0, 0.1) is 23.7 Å². The Bertz CT molecular complexity index is 598. The second-order valence-corrected chi connectivity index (χ2v) is 4.70. The molecule has 0 saturated carbocycles. The van der Waals surface area contributed by atoms with Crippen LogP contribution in [0.25, 0.3) is 0 Å². The maximum atomic E-state index is 8.80. The van der Waals surface area contributed by atoms with Crippen molar-refractivity contribution in [3.63, 3.8) is 0 Å². The molecule has 1 aromatic carbocycles. The van der Waals surface area contributed by atoms with Crippen molar-refractivity contribution in [1.82, 2.24) is 0 Å². The van der Waals surface area contributed by atoms with E-state index in [9.17, 15) is 0 Å². The van der Waals surface area contributed by atoms with Gasteiger partial charge in [-0.1, -0.05) is 0 Å². The summed E-state index contributed by atoms with van der Waals surface area (Å²) in [4.78, 5) is 2.26. The van der Waals surface area contributed by atoms with Gasteiger partial charge in [-0.3, -0.25) is 10.8 Å². The summed E-state index contributed by atoms with van der Waals surface area (Å²) in [6.45, 7) is 5.21. The molecule has 7 nitrogen and oxygen atoms in total. The van der Waals surface area contributed by atoms with Crippen LogP contribution in [0.4, 0.5) is 11.4 Å². The van der Waals surface area contributed by atoms with Crippen molar-refractivity contribution in [2.24, 2.45) is 10.8 Å². The first kappa shape index (κ1) is 14.8. The lowest BCUT2D eigenvalue weighted by molar-refractivity contribution is 0.122. The van der Waals surface area contributed by atoms with Gasteiger partial charge in [0.15, 0.2) is 5.84 Å². The van der Waals surface area contributed by atoms with Gasteiger partial charge in [-0.15, -0.1) is 0 Å². The van der Waals surface area contributed by atoms with E-state index in [1.54, 1.807) is 6.07 Å². The zero-order valence-electron chi connectivity index (χ0n) is 11.9. The van der Waals surface area contributed by atoms with Crippen LogP contribution in [0.1, 0.15) is 5.56 Å². The lowest BCUT2D eigenvalue weighted by atomic mass is 10.1. The van der Waals surface area contributed by atoms with Gasteiger partial charge in [-0.2, -0.15) is 10.4 Å². The van der Waals surface area contributed by atoms with Gasteiger partial charge in [0, 0.05) is 18.8 Å². The second kappa shape index (κ2) is 6.72. The van der Waals surface area contributed by atoms with Crippen molar-refractivity contribution >= 4 is 22.9 Å². The Morgan fingerprint density at radius 3 is 2.76 bits per heavy atom. The largest absolute Gasteiger partial charge is 0.382 e. The lowest BCUT2D eigenvalue weighted by Crippen LogP contribution is -2.36. The summed E-state index contributed by atoms with van der Waals surface area (Å²) in [6, 6.07) is 7.73. The van der Waals surface area contributed by atoms with Crippen molar-refractivity contribution in [3.8, 4) is 6.07 Å². The molecule has 0 atom stereocenters. The highest BCUT2D eigenvalue weighted by atomic mass is 16.5. The number of ether oxygens (including phenoxy) is 1. The van der Waals surface area contributed by atoms with Crippen LogP contribution in [-0.4, -0.2) is 37.9 Å². The minimum Gasteiger partial charge on any atom is -0.382 e. The maximum Gasteiger partial charge on any atom is 0.201 e. The van der Waals surface area contributed by atoms with Crippen LogP contribution in [0.3, 0.4) is 0 Å². The van der Waals surface area contributed by atoms with Gasteiger partial charge in [-0.25, -0.2) is 0 Å². The van der Waals surface area contributed by atoms with E-state index in [1.165, 1.54) is 0 Å². The fourth-order valence-electron chi connectivity index (χ4n) is 2.05. The molecule has 4 N–H and O–H groups in total. The molecular formula is C14H18N6O. The van der Waals surface area contributed by atoms with E-state index in [1.807, 2.05) is 19.1 Å². The number of nitriles is 1. The molecule has 1 aliphatic heterocycles. The van der Waals surface area contributed by atoms with E-state index in [0.29, 0.717) is 0 Å². The highest BCUT2D eigenvalue weighted by Crippen LogP contribution is 2.23. The molecule has 1 fully saturated rings. The Balaban J connectivity index is 2.12. The van der Waals surface area contributed by atoms with Gasteiger partial charge >= 0.3 is 0 Å². The van der Waals surface area contributed by atoms with Gasteiger partial charge in [0.1, 0.15) is 6.07 Å². The van der Waals surface area contributed by atoms with Gasteiger partial charge < -0.3 is 15.4 Å². The van der Waals surface area contributed by atoms with Crippen molar-refractivity contribution in [2.45, 2.75) is 6.92 Å². The normalized spacial score (nSPS) is 15.4. The number of benzene rings is 1. The molecule has 1 heterocycles. The number of hydrazone groups is 1. The third kappa shape index (κ3) is 3.70. The molecule has 110 valence electrons. The Morgan fingerprint density at radius 2 is 2.19 bits per heavy atom. The summed E-state index contributed by atoms with van der Waals surface area (Å²) in [6.07, 6.45) is 0. The van der Waals surface area contributed by atoms with E-state index in [4.69, 9.17) is 21.1 Å². The predicted molar refractivity (Wildman–Crippen MR) is 82.8 cm³/mol. The molecular weight excluding hydrogens is 268 g/mol. The molecule has 21 heavy (non-hydrogen) atoms. The zero-order chi connectivity index (χ0) is 15.2. The minimum absolute atomic E-state index is 0.133. The van der Waals surface area contributed by atoms with E-state index >= 15 is 0 Å². The van der Waals surface area contributed by atoms with Crippen LogP contribution in [0.15, 0.2) is 23.3 Å². The number of hydrogen-bond acceptors (Lipinski definition) is 6. The number of morpholine rings is 1. The molecule has 0 spiro atoms. The first-order valence-electron chi connectivity index (χ1n) is 6.63. The van der Waals surface area contributed by atoms with E-state index in [0.717, 1.165) is 43.2 Å². The third-order valence-corrected chi connectivity index (χ3v) is 3.24. The van der Waals surface area contributed by atoms with Gasteiger partial charge in [0.25, 0.3) is 0 Å². The Kier molecular flexibility index (Phi) is 4.74.